The fraction of sp³-hybridized carbons (Fsp3) is 0.0175. The van der Waals surface area contributed by atoms with Gasteiger partial charge in [0.15, 0.2) is 28.8 Å². The number of aromatic nitrogens is 2. The van der Waals surface area contributed by atoms with Gasteiger partial charge in [0.2, 0.25) is 0 Å². The highest BCUT2D eigenvalue weighted by molar-refractivity contribution is 5.93. The number of nitrogens with zero attached hydrogens (tertiary/aromatic N) is 2. The fourth-order valence-corrected chi connectivity index (χ4v) is 9.49. The Labute approximate surface area is 354 Å². The normalized spacial score (nSPS) is 13.0. The van der Waals surface area contributed by atoms with Crippen LogP contribution in [0.3, 0.4) is 0 Å². The minimum Gasteiger partial charge on any atom is -0.449 e. The Morgan fingerprint density at radius 3 is 1.72 bits per heavy atom. The van der Waals surface area contributed by atoms with Crippen LogP contribution >= 0.6 is 0 Å². The second-order valence-corrected chi connectivity index (χ2v) is 15.6. The Morgan fingerprint density at radius 2 is 0.951 bits per heavy atom. The number of rotatable bonds is 6. The molecule has 0 fully saturated rings. The maximum atomic E-state index is 6.96. The van der Waals surface area contributed by atoms with Crippen LogP contribution in [0.1, 0.15) is 22.3 Å². The molecule has 0 saturated carbocycles. The maximum absolute atomic E-state index is 6.96. The minimum atomic E-state index is -0.532. The van der Waals surface area contributed by atoms with Crippen molar-refractivity contribution in [3.05, 3.63) is 241 Å². The Balaban J connectivity index is 0.965. The van der Waals surface area contributed by atoms with Crippen LogP contribution in [0.4, 0.5) is 0 Å². The molecule has 4 heteroatoms. The molecule has 1 aliphatic carbocycles. The molecule has 1 aromatic heterocycles. The monoisotopic (exact) mass is 780 g/mol. The molecule has 61 heavy (non-hydrogen) atoms. The van der Waals surface area contributed by atoms with Crippen molar-refractivity contribution in [3.8, 4) is 79.2 Å². The highest BCUT2D eigenvalue weighted by atomic mass is 16.6. The molecule has 0 unspecified atom stereocenters. The van der Waals surface area contributed by atoms with Crippen molar-refractivity contribution in [3.63, 3.8) is 0 Å². The van der Waals surface area contributed by atoms with Crippen LogP contribution in [0.25, 0.3) is 66.9 Å². The summed E-state index contributed by atoms with van der Waals surface area (Å²) in [5.74, 6) is 3.42. The highest BCUT2D eigenvalue weighted by Crippen LogP contribution is 2.62. The molecule has 0 atom stereocenters. The van der Waals surface area contributed by atoms with E-state index in [2.05, 4.69) is 194 Å². The van der Waals surface area contributed by atoms with Gasteiger partial charge in [0.1, 0.15) is 0 Å². The molecule has 0 bridgehead atoms. The number of hydrogen-bond donors (Lipinski definition) is 0. The SMILES string of the molecule is c1ccc(-c2cc(-c3ccccc3-c3ccc4c(c3)Oc3ccc5c(c3O4)-c3ccccc3C5(c3ccccc3)c3ccccc3)nc(-c3ccc4ccccc4c3)n2)cc1. The van der Waals surface area contributed by atoms with Crippen molar-refractivity contribution in [1.82, 2.24) is 9.97 Å². The van der Waals surface area contributed by atoms with E-state index in [1.165, 1.54) is 27.6 Å². The van der Waals surface area contributed by atoms with Crippen LogP contribution in [0.2, 0.25) is 0 Å². The molecular weight excluding hydrogens is 745 g/mol. The molecule has 12 rings (SSSR count). The van der Waals surface area contributed by atoms with Gasteiger partial charge in [-0.2, -0.15) is 0 Å². The quantitative estimate of drug-likeness (QED) is 0.169. The third-order valence-electron chi connectivity index (χ3n) is 12.2. The zero-order chi connectivity index (χ0) is 40.3. The highest BCUT2D eigenvalue weighted by Gasteiger charge is 2.48. The van der Waals surface area contributed by atoms with Crippen molar-refractivity contribution in [2.24, 2.45) is 0 Å². The number of fused-ring (bicyclic) bond motifs is 7. The minimum absolute atomic E-state index is 0.532. The first-order chi connectivity index (χ1) is 30.2. The third-order valence-corrected chi connectivity index (χ3v) is 12.2. The first kappa shape index (κ1) is 34.9. The molecule has 2 heterocycles. The van der Waals surface area contributed by atoms with Gasteiger partial charge in [0.05, 0.1) is 16.8 Å². The molecule has 0 spiro atoms. The molecule has 0 radical (unpaired) electrons. The zero-order valence-corrected chi connectivity index (χ0v) is 33.0. The lowest BCUT2D eigenvalue weighted by Crippen LogP contribution is -2.28. The van der Waals surface area contributed by atoms with E-state index in [4.69, 9.17) is 19.4 Å². The van der Waals surface area contributed by atoms with E-state index in [1.807, 2.05) is 24.3 Å². The number of hydrogen-bond acceptors (Lipinski definition) is 4. The van der Waals surface area contributed by atoms with Crippen molar-refractivity contribution in [1.29, 1.82) is 0 Å². The summed E-state index contributed by atoms with van der Waals surface area (Å²) in [6.07, 6.45) is 0. The summed E-state index contributed by atoms with van der Waals surface area (Å²) in [5.41, 5.74) is 13.2. The first-order valence-corrected chi connectivity index (χ1v) is 20.6. The van der Waals surface area contributed by atoms with E-state index in [1.54, 1.807) is 0 Å². The van der Waals surface area contributed by atoms with E-state index in [0.29, 0.717) is 23.1 Å². The molecule has 2 aliphatic rings. The number of benzene rings is 9. The standard InChI is InChI=1S/C57H36N2O2/c1-4-17-38(18-5-1)49-36-50(59-56(58-49)41-29-28-37-16-10-11-19-39(37)34-41)45-25-13-12-24-44(45)40-30-32-51-53(35-40)60-52-33-31-48-54(55(52)61-51)46-26-14-15-27-47(46)57(48,42-20-6-2-7-21-42)43-22-8-3-9-23-43/h1-36H. The molecule has 286 valence electrons. The van der Waals surface area contributed by atoms with Crippen LogP contribution < -0.4 is 9.47 Å². The average molecular weight is 781 g/mol. The maximum Gasteiger partial charge on any atom is 0.178 e. The Hall–Kier alpha value is -8.08. The van der Waals surface area contributed by atoms with E-state index in [9.17, 15) is 0 Å². The molecule has 0 amide bonds. The fourth-order valence-electron chi connectivity index (χ4n) is 9.49. The van der Waals surface area contributed by atoms with Gasteiger partial charge in [-0.25, -0.2) is 9.97 Å². The lowest BCUT2D eigenvalue weighted by molar-refractivity contribution is 0.360. The Morgan fingerprint density at radius 1 is 0.344 bits per heavy atom. The summed E-state index contributed by atoms with van der Waals surface area (Å²) in [7, 11) is 0. The van der Waals surface area contributed by atoms with Crippen molar-refractivity contribution < 1.29 is 9.47 Å². The van der Waals surface area contributed by atoms with Gasteiger partial charge >= 0.3 is 0 Å². The van der Waals surface area contributed by atoms with Gasteiger partial charge in [0.25, 0.3) is 0 Å². The van der Waals surface area contributed by atoms with E-state index in [-0.39, 0.29) is 0 Å². The largest absolute Gasteiger partial charge is 0.449 e. The van der Waals surface area contributed by atoms with Crippen LogP contribution in [0, 0.1) is 0 Å². The number of ether oxygens (including phenoxy) is 2. The molecular formula is C57H36N2O2. The van der Waals surface area contributed by atoms with Crippen molar-refractivity contribution in [2.75, 3.05) is 0 Å². The molecule has 10 aromatic rings. The van der Waals surface area contributed by atoms with Crippen LogP contribution in [0.5, 0.6) is 23.0 Å². The van der Waals surface area contributed by atoms with Crippen LogP contribution in [-0.2, 0) is 5.41 Å². The molecule has 4 nitrogen and oxygen atoms in total. The lowest BCUT2D eigenvalue weighted by Gasteiger charge is -2.34. The summed E-state index contributed by atoms with van der Waals surface area (Å²) >= 11 is 0. The predicted molar refractivity (Wildman–Crippen MR) is 245 cm³/mol. The van der Waals surface area contributed by atoms with Gasteiger partial charge in [-0.3, -0.25) is 0 Å². The second-order valence-electron chi connectivity index (χ2n) is 15.6. The van der Waals surface area contributed by atoms with Gasteiger partial charge < -0.3 is 9.47 Å². The first-order valence-electron chi connectivity index (χ1n) is 20.6. The van der Waals surface area contributed by atoms with Gasteiger partial charge in [-0.1, -0.05) is 188 Å². The molecule has 1 aliphatic heterocycles. The second kappa shape index (κ2) is 14.0. The van der Waals surface area contributed by atoms with Gasteiger partial charge in [-0.05, 0) is 80.0 Å². The Bertz CT molecular complexity index is 3270. The topological polar surface area (TPSA) is 44.2 Å². The van der Waals surface area contributed by atoms with Gasteiger partial charge in [0, 0.05) is 22.3 Å². The van der Waals surface area contributed by atoms with Gasteiger partial charge in [-0.15, -0.1) is 0 Å². The van der Waals surface area contributed by atoms with Crippen LogP contribution in [-0.4, -0.2) is 9.97 Å². The van der Waals surface area contributed by atoms with E-state index >= 15 is 0 Å². The third kappa shape index (κ3) is 5.61. The smallest absolute Gasteiger partial charge is 0.178 e. The summed E-state index contributed by atoms with van der Waals surface area (Å²) in [5, 5.41) is 2.33. The van der Waals surface area contributed by atoms with Crippen molar-refractivity contribution >= 4 is 10.8 Å². The summed E-state index contributed by atoms with van der Waals surface area (Å²) in [6.45, 7) is 0. The lowest BCUT2D eigenvalue weighted by atomic mass is 9.68. The van der Waals surface area contributed by atoms with Crippen molar-refractivity contribution in [2.45, 2.75) is 5.41 Å². The summed E-state index contributed by atoms with van der Waals surface area (Å²) in [4.78, 5) is 10.4. The molecule has 0 saturated heterocycles. The zero-order valence-electron chi connectivity index (χ0n) is 33.0. The van der Waals surface area contributed by atoms with E-state index < -0.39 is 5.41 Å². The van der Waals surface area contributed by atoms with Crippen LogP contribution in [0.15, 0.2) is 218 Å². The Kier molecular flexibility index (Phi) is 8.04. The molecule has 0 N–H and O–H groups in total. The average Bonchev–Trinajstić information content (AvgIpc) is 3.65. The molecule has 9 aromatic carbocycles. The van der Waals surface area contributed by atoms with E-state index in [0.717, 1.165) is 61.5 Å². The predicted octanol–water partition coefficient (Wildman–Crippen LogP) is 14.6. The summed E-state index contributed by atoms with van der Waals surface area (Å²) in [6, 6.07) is 76.5. The summed E-state index contributed by atoms with van der Waals surface area (Å²) < 4.78 is 13.8.